The van der Waals surface area contributed by atoms with Gasteiger partial charge in [-0.1, -0.05) is 37.3 Å². The Morgan fingerprint density at radius 1 is 1.20 bits per heavy atom. The van der Waals surface area contributed by atoms with E-state index in [0.717, 1.165) is 23.3 Å². The minimum absolute atomic E-state index is 0.0187. The lowest BCUT2D eigenvalue weighted by molar-refractivity contribution is -0.199. The Balaban J connectivity index is 1.26. The number of hydrogen-bond donors (Lipinski definition) is 1. The van der Waals surface area contributed by atoms with Crippen LogP contribution in [0, 0.1) is 17.3 Å². The molecule has 3 aliphatic carbocycles. The summed E-state index contributed by atoms with van der Waals surface area (Å²) in [5.41, 5.74) is 0.847. The first-order chi connectivity index (χ1) is 20.8. The van der Waals surface area contributed by atoms with Crippen LogP contribution in [0.15, 0.2) is 41.9 Å². The molecule has 1 aliphatic heterocycles. The van der Waals surface area contributed by atoms with Gasteiger partial charge in [0.1, 0.15) is 29.2 Å². The van der Waals surface area contributed by atoms with Crippen LogP contribution >= 0.6 is 11.3 Å². The molecule has 1 aromatic carbocycles. The van der Waals surface area contributed by atoms with E-state index in [1.807, 2.05) is 44.4 Å². The molecule has 7 rings (SSSR count). The van der Waals surface area contributed by atoms with Crippen LogP contribution in [-0.4, -0.2) is 64.3 Å². The van der Waals surface area contributed by atoms with Crippen LogP contribution in [0.4, 0.5) is 0 Å². The zero-order valence-electron chi connectivity index (χ0n) is 26.5. The molecule has 0 unspecified atom stereocenters. The summed E-state index contributed by atoms with van der Waals surface area (Å²) in [4.78, 5) is 27.6. The topological polar surface area (TPSA) is 114 Å². The number of para-hydroxylation sites is 1. The molecule has 10 nitrogen and oxygen atoms in total. The monoisotopic (exact) mass is 620 g/mol. The maximum Gasteiger partial charge on any atom is 0.482 e. The predicted octanol–water partition coefficient (Wildman–Crippen LogP) is 4.97. The lowest BCUT2D eigenvalue weighted by atomic mass is 9.43. The number of hydrogen-bond acceptors (Lipinski definition) is 9. The highest BCUT2D eigenvalue weighted by Gasteiger charge is 2.68. The molecule has 0 radical (unpaired) electrons. The maximum absolute atomic E-state index is 13.5. The summed E-state index contributed by atoms with van der Waals surface area (Å²) >= 11 is 1.56. The van der Waals surface area contributed by atoms with Gasteiger partial charge < -0.3 is 24.1 Å². The highest BCUT2D eigenvalue weighted by Crippen LogP contribution is 2.65. The summed E-state index contributed by atoms with van der Waals surface area (Å²) in [7, 11) is 0.848. The van der Waals surface area contributed by atoms with Crippen molar-refractivity contribution in [3.05, 3.63) is 53.0 Å². The number of aromatic nitrogens is 3. The highest BCUT2D eigenvalue weighted by atomic mass is 32.1. The molecule has 1 N–H and O–H groups in total. The Hall–Kier alpha value is -3.22. The first kappa shape index (κ1) is 30.8. The molecular weight excluding hydrogens is 579 g/mol. The number of benzene rings is 1. The lowest BCUT2D eigenvalue weighted by Crippen LogP contribution is -2.65. The van der Waals surface area contributed by atoms with Crippen LogP contribution < -0.4 is 10.1 Å². The van der Waals surface area contributed by atoms with E-state index >= 15 is 0 Å². The maximum atomic E-state index is 13.5. The lowest BCUT2D eigenvalue weighted by Gasteiger charge is -2.64. The molecule has 2 bridgehead atoms. The first-order valence-electron chi connectivity index (χ1n) is 15.2. The van der Waals surface area contributed by atoms with Crippen molar-refractivity contribution < 1.29 is 28.4 Å². The summed E-state index contributed by atoms with van der Waals surface area (Å²) in [6, 6.07) is 9.29. The third kappa shape index (κ3) is 5.67. The number of carbonyl (C=O) groups excluding carboxylic acids is 2. The van der Waals surface area contributed by atoms with Gasteiger partial charge in [-0.05, 0) is 87.3 Å². The zero-order chi connectivity index (χ0) is 31.4. The smallest absolute Gasteiger partial charge is 0.482 e. The van der Waals surface area contributed by atoms with Gasteiger partial charge in [0.2, 0.25) is 5.91 Å². The average Bonchev–Trinajstić information content (AvgIpc) is 3.70. The second-order valence-electron chi connectivity index (χ2n) is 14.0. The van der Waals surface area contributed by atoms with Crippen LogP contribution in [-0.2, 0) is 31.8 Å². The van der Waals surface area contributed by atoms with Crippen LogP contribution in [0.3, 0.4) is 0 Å². The van der Waals surface area contributed by atoms with E-state index in [0.29, 0.717) is 35.3 Å². The van der Waals surface area contributed by atoms with Crippen LogP contribution in [0.5, 0.6) is 5.75 Å². The van der Waals surface area contributed by atoms with Gasteiger partial charge in [0.25, 0.3) is 0 Å². The van der Waals surface area contributed by atoms with Crippen molar-refractivity contribution >= 4 is 30.3 Å². The number of amides is 1. The molecule has 12 heteroatoms. The third-order valence-electron chi connectivity index (χ3n) is 9.62. The summed E-state index contributed by atoms with van der Waals surface area (Å²) in [5.74, 6) is 0.0822. The number of ether oxygens (including phenoxy) is 2. The Bertz CT molecular complexity index is 1540. The van der Waals surface area contributed by atoms with Gasteiger partial charge in [-0.25, -0.2) is 9.48 Å². The van der Waals surface area contributed by atoms with Crippen molar-refractivity contribution in [1.82, 2.24) is 20.3 Å². The van der Waals surface area contributed by atoms with Crippen molar-refractivity contribution in [3.8, 4) is 16.3 Å². The van der Waals surface area contributed by atoms with E-state index in [4.69, 9.17) is 18.8 Å². The molecular formula is C32H41BN4O6S. The van der Waals surface area contributed by atoms with E-state index in [1.165, 1.54) is 11.8 Å². The van der Waals surface area contributed by atoms with E-state index in [9.17, 15) is 9.59 Å². The van der Waals surface area contributed by atoms with Gasteiger partial charge in [-0.15, -0.1) is 16.4 Å². The van der Waals surface area contributed by atoms with Crippen molar-refractivity contribution in [3.63, 3.8) is 0 Å². The van der Waals surface area contributed by atoms with Crippen molar-refractivity contribution in [2.75, 3.05) is 7.11 Å². The average molecular weight is 621 g/mol. The van der Waals surface area contributed by atoms with Crippen molar-refractivity contribution in [1.29, 1.82) is 0 Å². The fourth-order valence-electron chi connectivity index (χ4n) is 7.32. The molecule has 4 fully saturated rings. The quantitative estimate of drug-likeness (QED) is 0.264. The van der Waals surface area contributed by atoms with Crippen molar-refractivity contribution in [2.24, 2.45) is 17.3 Å². The molecule has 3 aromatic rings. The Kier molecular flexibility index (Phi) is 7.91. The second-order valence-corrected chi connectivity index (χ2v) is 14.9. The summed E-state index contributed by atoms with van der Waals surface area (Å²) < 4.78 is 26.3. The molecule has 2 aromatic heterocycles. The fourth-order valence-corrected chi connectivity index (χ4v) is 7.99. The van der Waals surface area contributed by atoms with Crippen LogP contribution in [0.25, 0.3) is 10.6 Å². The molecule has 3 saturated carbocycles. The first-order valence-corrected chi connectivity index (χ1v) is 16.1. The standard InChI is InChI=1S/C32H41BN4O6S/c1-30(2,3)41-29(39)21-11-8-10-19(28(21)40-7)14-26(33-42-25-16-20-15-24(31(20,4)5)32(25,6)43-33)34-27(38)18-37-17-22(35-36-37)23-12-9-13-44-23/h8-13,17,20,24-26H,14-16,18H2,1-7H3,(H,34,38)/t20-,24-,25+,26-,32-/m0/s1. The second kappa shape index (κ2) is 11.3. The van der Waals surface area contributed by atoms with E-state index in [1.54, 1.807) is 29.7 Å². The van der Waals surface area contributed by atoms with Gasteiger partial charge in [0, 0.05) is 0 Å². The van der Waals surface area contributed by atoms with Crippen LogP contribution in [0.1, 0.15) is 70.3 Å². The predicted molar refractivity (Wildman–Crippen MR) is 167 cm³/mol. The van der Waals surface area contributed by atoms with Gasteiger partial charge in [-0.3, -0.25) is 4.79 Å². The number of nitrogens with one attached hydrogen (secondary N) is 1. The number of esters is 1. The number of methoxy groups -OCH3 is 1. The summed E-state index contributed by atoms with van der Waals surface area (Å²) in [6.45, 7) is 12.2. The molecule has 1 saturated heterocycles. The highest BCUT2D eigenvalue weighted by molar-refractivity contribution is 7.13. The van der Waals surface area contributed by atoms with E-state index < -0.39 is 30.2 Å². The number of carbonyl (C=O) groups is 2. The summed E-state index contributed by atoms with van der Waals surface area (Å²) in [5, 5.41) is 13.5. The molecule has 4 aliphatic rings. The molecule has 1 amide bonds. The Morgan fingerprint density at radius 2 is 2.00 bits per heavy atom. The molecule has 44 heavy (non-hydrogen) atoms. The minimum Gasteiger partial charge on any atom is -0.496 e. The molecule has 5 atom stereocenters. The number of nitrogens with zero attached hydrogens (tertiary/aromatic N) is 3. The summed E-state index contributed by atoms with van der Waals surface area (Å²) in [6.07, 6.45) is 4.08. The van der Waals surface area contributed by atoms with E-state index in [2.05, 4.69) is 36.4 Å². The fraction of sp³-hybridized carbons (Fsp3) is 0.562. The normalized spacial score (nSPS) is 26.0. The van der Waals surface area contributed by atoms with Crippen LogP contribution in [0.2, 0.25) is 0 Å². The van der Waals surface area contributed by atoms with Crippen molar-refractivity contribution in [2.45, 2.75) is 90.6 Å². The largest absolute Gasteiger partial charge is 0.496 e. The van der Waals surface area contributed by atoms with Gasteiger partial charge in [-0.2, -0.15) is 0 Å². The van der Waals surface area contributed by atoms with Gasteiger partial charge >= 0.3 is 13.1 Å². The molecule has 234 valence electrons. The van der Waals surface area contributed by atoms with Gasteiger partial charge in [0.05, 0.1) is 35.8 Å². The minimum atomic E-state index is -0.684. The molecule has 0 spiro atoms. The third-order valence-corrected chi connectivity index (χ3v) is 10.5. The Morgan fingerprint density at radius 3 is 2.68 bits per heavy atom. The number of rotatable bonds is 9. The van der Waals surface area contributed by atoms with E-state index in [-0.39, 0.29) is 24.0 Å². The SMILES string of the molecule is COc1c(C[C@H](NC(=O)Cn2cc(-c3cccs3)nn2)B2O[C@@H]3C[C@@H]4C[C@@H](C4(C)C)[C@]3(C)O2)cccc1C(=O)OC(C)(C)C. The number of thiophene rings is 1. The molecule has 3 heterocycles. The Labute approximate surface area is 262 Å². The zero-order valence-corrected chi connectivity index (χ0v) is 27.3. The van der Waals surface area contributed by atoms with Gasteiger partial charge in [0.15, 0.2) is 0 Å².